The largest absolute Gasteiger partial charge is 0.349 e. The lowest BCUT2D eigenvalue weighted by Gasteiger charge is -2.32. The van der Waals surface area contributed by atoms with Crippen LogP contribution in [0.4, 0.5) is 4.39 Å². The molecule has 1 saturated heterocycles. The van der Waals surface area contributed by atoms with Crippen LogP contribution in [0.1, 0.15) is 34.3 Å². The van der Waals surface area contributed by atoms with Crippen LogP contribution in [0.3, 0.4) is 0 Å². The Hall–Kier alpha value is -3.13. The van der Waals surface area contributed by atoms with Crippen LogP contribution in [0.15, 0.2) is 48.8 Å². The minimum absolute atomic E-state index is 0.0617. The summed E-state index contributed by atoms with van der Waals surface area (Å²) < 4.78 is 14.6. The predicted octanol–water partition coefficient (Wildman–Crippen LogP) is 2.50. The molecule has 29 heavy (non-hydrogen) atoms. The zero-order valence-electron chi connectivity index (χ0n) is 16.3. The van der Waals surface area contributed by atoms with Crippen molar-refractivity contribution in [1.29, 1.82) is 0 Å². The number of carbonyl (C=O) groups excluding carboxylic acids is 1. The molecule has 7 nitrogen and oxygen atoms in total. The number of benzene rings is 2. The lowest BCUT2D eigenvalue weighted by molar-refractivity contribution is 0.0909. The Kier molecular flexibility index (Phi) is 5.62. The number of piperidine rings is 1. The molecule has 1 aromatic heterocycles. The third-order valence-corrected chi connectivity index (χ3v) is 5.30. The van der Waals surface area contributed by atoms with Crippen LogP contribution in [0.25, 0.3) is 5.69 Å². The molecule has 0 spiro atoms. The van der Waals surface area contributed by atoms with E-state index < -0.39 is 0 Å². The van der Waals surface area contributed by atoms with Crippen molar-refractivity contribution in [2.45, 2.75) is 32.4 Å². The number of likely N-dealkylation sites (tertiary alicyclic amines) is 1. The summed E-state index contributed by atoms with van der Waals surface area (Å²) in [7, 11) is 0. The number of carbonyl (C=O) groups is 1. The highest BCUT2D eigenvalue weighted by molar-refractivity contribution is 5.94. The van der Waals surface area contributed by atoms with Gasteiger partial charge in [-0.15, -0.1) is 5.10 Å². The van der Waals surface area contributed by atoms with Crippen molar-refractivity contribution < 1.29 is 9.18 Å². The average Bonchev–Trinajstić information content (AvgIpc) is 3.25. The third kappa shape index (κ3) is 4.65. The van der Waals surface area contributed by atoms with E-state index in [0.717, 1.165) is 49.3 Å². The van der Waals surface area contributed by atoms with E-state index in [1.54, 1.807) is 10.7 Å². The lowest BCUT2D eigenvalue weighted by atomic mass is 10.0. The van der Waals surface area contributed by atoms with Crippen molar-refractivity contribution >= 4 is 5.91 Å². The highest BCUT2D eigenvalue weighted by Crippen LogP contribution is 2.17. The molecule has 2 heterocycles. The van der Waals surface area contributed by atoms with Crippen LogP contribution < -0.4 is 5.32 Å². The van der Waals surface area contributed by atoms with E-state index in [9.17, 15) is 9.18 Å². The number of aromatic nitrogens is 4. The number of tetrazole rings is 1. The zero-order chi connectivity index (χ0) is 20.2. The zero-order valence-corrected chi connectivity index (χ0v) is 16.3. The van der Waals surface area contributed by atoms with Gasteiger partial charge in [0.15, 0.2) is 0 Å². The van der Waals surface area contributed by atoms with Crippen LogP contribution in [0.5, 0.6) is 0 Å². The fourth-order valence-corrected chi connectivity index (χ4v) is 3.68. The molecule has 1 aliphatic rings. The van der Waals surface area contributed by atoms with E-state index >= 15 is 0 Å². The average molecular weight is 394 g/mol. The summed E-state index contributed by atoms with van der Waals surface area (Å²) in [5, 5.41) is 14.3. The van der Waals surface area contributed by atoms with E-state index in [1.165, 1.54) is 18.5 Å². The first-order valence-electron chi connectivity index (χ1n) is 9.70. The normalized spacial score (nSPS) is 15.4. The van der Waals surface area contributed by atoms with Gasteiger partial charge in [-0.05, 0) is 71.7 Å². The van der Waals surface area contributed by atoms with E-state index in [1.807, 2.05) is 31.2 Å². The van der Waals surface area contributed by atoms with Gasteiger partial charge in [0.25, 0.3) is 5.91 Å². The molecule has 1 amide bonds. The molecule has 0 aliphatic carbocycles. The monoisotopic (exact) mass is 394 g/mol. The van der Waals surface area contributed by atoms with Gasteiger partial charge >= 0.3 is 0 Å². The van der Waals surface area contributed by atoms with Crippen molar-refractivity contribution in [3.05, 3.63) is 71.3 Å². The Labute approximate surface area is 168 Å². The van der Waals surface area contributed by atoms with Crippen LogP contribution >= 0.6 is 0 Å². The maximum atomic E-state index is 13.0. The fraction of sp³-hybridized carbons (Fsp3) is 0.333. The van der Waals surface area contributed by atoms with Gasteiger partial charge < -0.3 is 5.32 Å². The highest BCUT2D eigenvalue weighted by atomic mass is 19.1. The molecule has 2 aromatic carbocycles. The summed E-state index contributed by atoms with van der Waals surface area (Å²) in [5.74, 6) is -0.273. The minimum Gasteiger partial charge on any atom is -0.349 e. The van der Waals surface area contributed by atoms with E-state index in [2.05, 4.69) is 25.7 Å². The lowest BCUT2D eigenvalue weighted by Crippen LogP contribution is -2.44. The number of halogens is 1. The molecule has 150 valence electrons. The van der Waals surface area contributed by atoms with Gasteiger partial charge in [0.05, 0.1) is 5.69 Å². The van der Waals surface area contributed by atoms with Crippen LogP contribution in [0.2, 0.25) is 0 Å². The fourth-order valence-electron chi connectivity index (χ4n) is 3.68. The molecule has 0 bridgehead atoms. The smallest absolute Gasteiger partial charge is 0.251 e. The number of amides is 1. The maximum Gasteiger partial charge on any atom is 0.251 e. The predicted molar refractivity (Wildman–Crippen MR) is 106 cm³/mol. The number of nitrogens with one attached hydrogen (secondary N) is 1. The van der Waals surface area contributed by atoms with E-state index in [4.69, 9.17) is 0 Å². The molecule has 1 aliphatic heterocycles. The molecule has 0 radical (unpaired) electrons. The maximum absolute atomic E-state index is 13.0. The minimum atomic E-state index is -0.212. The molecule has 1 fully saturated rings. The number of hydrogen-bond acceptors (Lipinski definition) is 5. The van der Waals surface area contributed by atoms with Gasteiger partial charge in [0.1, 0.15) is 12.1 Å². The molecular weight excluding hydrogens is 371 g/mol. The molecule has 0 atom stereocenters. The van der Waals surface area contributed by atoms with Gasteiger partial charge in [0.2, 0.25) is 0 Å². The standard InChI is InChI=1S/C21H23FN6O/c1-15-12-17(4-7-20(15)28-14-23-25-26-28)21(29)24-19-8-10-27(11-9-19)13-16-2-5-18(22)6-3-16/h2-7,12,14,19H,8-11,13H2,1H3,(H,24,29). The number of rotatable bonds is 5. The third-order valence-electron chi connectivity index (χ3n) is 5.30. The molecule has 3 aromatic rings. The first-order chi connectivity index (χ1) is 14.1. The summed E-state index contributed by atoms with van der Waals surface area (Å²) in [6.07, 6.45) is 3.32. The van der Waals surface area contributed by atoms with Gasteiger partial charge in [-0.3, -0.25) is 9.69 Å². The quantitative estimate of drug-likeness (QED) is 0.720. The summed E-state index contributed by atoms with van der Waals surface area (Å²) in [6.45, 7) is 4.54. The van der Waals surface area contributed by atoms with E-state index in [-0.39, 0.29) is 17.8 Å². The topological polar surface area (TPSA) is 75.9 Å². The Morgan fingerprint density at radius 2 is 1.93 bits per heavy atom. The number of nitrogens with zero attached hydrogens (tertiary/aromatic N) is 5. The molecule has 1 N–H and O–H groups in total. The van der Waals surface area contributed by atoms with Crippen LogP contribution in [0, 0.1) is 12.7 Å². The summed E-state index contributed by atoms with van der Waals surface area (Å²) in [4.78, 5) is 15.0. The molecule has 0 saturated carbocycles. The molecular formula is C21H23FN6O. The van der Waals surface area contributed by atoms with Crippen molar-refractivity contribution in [2.75, 3.05) is 13.1 Å². The van der Waals surface area contributed by atoms with Gasteiger partial charge in [-0.25, -0.2) is 9.07 Å². The first-order valence-corrected chi connectivity index (χ1v) is 9.70. The van der Waals surface area contributed by atoms with Gasteiger partial charge in [-0.2, -0.15) is 0 Å². The Morgan fingerprint density at radius 3 is 2.59 bits per heavy atom. The number of aryl methyl sites for hydroxylation is 1. The van der Waals surface area contributed by atoms with Crippen molar-refractivity contribution in [1.82, 2.24) is 30.4 Å². The first kappa shape index (κ1) is 19.2. The SMILES string of the molecule is Cc1cc(C(=O)NC2CCN(Cc3ccc(F)cc3)CC2)ccc1-n1cnnn1. The number of hydrogen-bond donors (Lipinski definition) is 1. The van der Waals surface area contributed by atoms with Gasteiger partial charge in [0, 0.05) is 31.2 Å². The summed E-state index contributed by atoms with van der Waals surface area (Å²) >= 11 is 0. The van der Waals surface area contributed by atoms with Crippen LogP contribution in [-0.2, 0) is 6.54 Å². The Morgan fingerprint density at radius 1 is 1.17 bits per heavy atom. The second kappa shape index (κ2) is 8.48. The molecule has 4 rings (SSSR count). The highest BCUT2D eigenvalue weighted by Gasteiger charge is 2.21. The summed E-state index contributed by atoms with van der Waals surface area (Å²) in [5.41, 5.74) is 3.51. The molecule has 8 heteroatoms. The van der Waals surface area contributed by atoms with Gasteiger partial charge in [-0.1, -0.05) is 12.1 Å². The van der Waals surface area contributed by atoms with Crippen molar-refractivity contribution in [2.24, 2.45) is 0 Å². The second-order valence-corrected chi connectivity index (χ2v) is 7.41. The second-order valence-electron chi connectivity index (χ2n) is 7.41. The Balaban J connectivity index is 1.30. The Bertz CT molecular complexity index is 965. The van der Waals surface area contributed by atoms with Crippen molar-refractivity contribution in [3.8, 4) is 5.69 Å². The van der Waals surface area contributed by atoms with Crippen molar-refractivity contribution in [3.63, 3.8) is 0 Å². The van der Waals surface area contributed by atoms with Crippen LogP contribution in [-0.4, -0.2) is 50.1 Å². The van der Waals surface area contributed by atoms with E-state index in [0.29, 0.717) is 5.56 Å². The summed E-state index contributed by atoms with van der Waals surface area (Å²) in [6, 6.07) is 12.3. The molecule has 0 unspecified atom stereocenters.